The van der Waals surface area contributed by atoms with E-state index in [4.69, 9.17) is 4.74 Å². The second-order valence-electron chi connectivity index (χ2n) is 7.21. The lowest BCUT2D eigenvalue weighted by Crippen LogP contribution is -2.43. The molecule has 1 amide bonds. The topological polar surface area (TPSA) is 53.0 Å². The molecular weight excluding hydrogens is 316 g/mol. The van der Waals surface area contributed by atoms with Crippen molar-refractivity contribution in [1.82, 2.24) is 9.80 Å². The van der Waals surface area contributed by atoms with E-state index in [0.717, 1.165) is 44.8 Å². The average Bonchev–Trinajstić information content (AvgIpc) is 2.87. The second kappa shape index (κ2) is 9.20. The summed E-state index contributed by atoms with van der Waals surface area (Å²) in [4.78, 5) is 17.1. The van der Waals surface area contributed by atoms with Gasteiger partial charge in [-0.2, -0.15) is 0 Å². The Bertz CT molecular complexity index is 540. The number of carbonyl (C=O) groups excluding carboxylic acids is 1. The Kier molecular flexibility index (Phi) is 6.70. The number of ether oxygens (including phenoxy) is 1. The van der Waals surface area contributed by atoms with Gasteiger partial charge in [0.25, 0.3) is 0 Å². The van der Waals surface area contributed by atoms with Gasteiger partial charge in [-0.25, -0.2) is 0 Å². The maximum atomic E-state index is 12.6. The van der Waals surface area contributed by atoms with Crippen LogP contribution in [0, 0.1) is 0 Å². The third kappa shape index (κ3) is 5.72. The van der Waals surface area contributed by atoms with Gasteiger partial charge in [-0.1, -0.05) is 18.6 Å². The summed E-state index contributed by atoms with van der Waals surface area (Å²) in [5.41, 5.74) is 1.09. The van der Waals surface area contributed by atoms with Crippen molar-refractivity contribution < 1.29 is 14.6 Å². The maximum absolute atomic E-state index is 12.6. The Balaban J connectivity index is 1.49. The van der Waals surface area contributed by atoms with Crippen LogP contribution < -0.4 is 0 Å². The molecule has 2 heterocycles. The van der Waals surface area contributed by atoms with Crippen molar-refractivity contribution in [3.8, 4) is 5.75 Å². The molecule has 0 aromatic heterocycles. The number of carbonyl (C=O) groups is 1. The van der Waals surface area contributed by atoms with Crippen LogP contribution in [0.25, 0.3) is 0 Å². The molecule has 5 nitrogen and oxygen atoms in total. The van der Waals surface area contributed by atoms with Gasteiger partial charge in [-0.05, 0) is 56.5 Å². The highest BCUT2D eigenvalue weighted by molar-refractivity contribution is 5.76. The second-order valence-corrected chi connectivity index (χ2v) is 7.21. The number of phenolic OH excluding ortho intramolecular Hbond substituents is 1. The standard InChI is InChI=1S/C20H30N2O3/c23-18-8-5-17(6-9-18)7-10-20(24)22-13-4-14-25-19(16-22)15-21-11-2-1-3-12-21/h5-6,8-9,19,23H,1-4,7,10-16H2. The van der Waals surface area contributed by atoms with E-state index in [2.05, 4.69) is 4.90 Å². The largest absolute Gasteiger partial charge is 0.508 e. The number of hydrogen-bond acceptors (Lipinski definition) is 4. The smallest absolute Gasteiger partial charge is 0.222 e. The summed E-state index contributed by atoms with van der Waals surface area (Å²) in [5.74, 6) is 0.475. The Morgan fingerprint density at radius 3 is 2.60 bits per heavy atom. The van der Waals surface area contributed by atoms with Crippen LogP contribution in [0.1, 0.15) is 37.7 Å². The van der Waals surface area contributed by atoms with E-state index in [9.17, 15) is 9.90 Å². The molecule has 0 saturated carbocycles. The molecule has 25 heavy (non-hydrogen) atoms. The molecule has 0 radical (unpaired) electrons. The number of aromatic hydroxyl groups is 1. The van der Waals surface area contributed by atoms with Crippen LogP contribution in [-0.4, -0.2) is 66.2 Å². The molecular formula is C20H30N2O3. The SMILES string of the molecule is O=C(CCc1ccc(O)cc1)N1CCCOC(CN2CCCCC2)C1. The number of amides is 1. The van der Waals surface area contributed by atoms with Crippen molar-refractivity contribution in [1.29, 1.82) is 0 Å². The molecule has 2 fully saturated rings. The lowest BCUT2D eigenvalue weighted by Gasteiger charge is -2.31. The predicted octanol–water partition coefficient (Wildman–Crippen LogP) is 2.43. The van der Waals surface area contributed by atoms with E-state index in [-0.39, 0.29) is 17.8 Å². The fraction of sp³-hybridized carbons (Fsp3) is 0.650. The zero-order chi connectivity index (χ0) is 17.5. The molecule has 3 rings (SSSR count). The highest BCUT2D eigenvalue weighted by atomic mass is 16.5. The quantitative estimate of drug-likeness (QED) is 0.890. The number of hydrogen-bond donors (Lipinski definition) is 1. The van der Waals surface area contributed by atoms with Crippen molar-refractivity contribution in [3.63, 3.8) is 0 Å². The lowest BCUT2D eigenvalue weighted by atomic mass is 10.1. The molecule has 1 unspecified atom stereocenters. The molecule has 138 valence electrons. The van der Waals surface area contributed by atoms with Gasteiger partial charge in [0.2, 0.25) is 5.91 Å². The minimum absolute atomic E-state index is 0.137. The summed E-state index contributed by atoms with van der Waals surface area (Å²) in [7, 11) is 0. The highest BCUT2D eigenvalue weighted by Gasteiger charge is 2.24. The Morgan fingerprint density at radius 1 is 1.08 bits per heavy atom. The van der Waals surface area contributed by atoms with E-state index in [1.54, 1.807) is 12.1 Å². The van der Waals surface area contributed by atoms with Crippen LogP contribution in [0.5, 0.6) is 5.75 Å². The Labute approximate surface area is 150 Å². The monoisotopic (exact) mass is 346 g/mol. The van der Waals surface area contributed by atoms with Crippen molar-refractivity contribution in [2.75, 3.05) is 39.3 Å². The number of piperidine rings is 1. The zero-order valence-electron chi connectivity index (χ0n) is 15.0. The lowest BCUT2D eigenvalue weighted by molar-refractivity contribution is -0.132. The molecule has 1 aromatic rings. The summed E-state index contributed by atoms with van der Waals surface area (Å²) >= 11 is 0. The first kappa shape index (κ1) is 18.2. The van der Waals surface area contributed by atoms with Gasteiger partial charge >= 0.3 is 0 Å². The minimum Gasteiger partial charge on any atom is -0.508 e. The number of rotatable bonds is 5. The Morgan fingerprint density at radius 2 is 1.84 bits per heavy atom. The molecule has 2 saturated heterocycles. The fourth-order valence-corrected chi connectivity index (χ4v) is 3.73. The molecule has 2 aliphatic heterocycles. The molecule has 0 aliphatic carbocycles. The van der Waals surface area contributed by atoms with Crippen molar-refractivity contribution >= 4 is 5.91 Å². The average molecular weight is 346 g/mol. The van der Waals surface area contributed by atoms with E-state index in [1.165, 1.54) is 19.3 Å². The first-order valence-electron chi connectivity index (χ1n) is 9.60. The van der Waals surface area contributed by atoms with Crippen LogP contribution in [0.15, 0.2) is 24.3 Å². The first-order chi connectivity index (χ1) is 12.2. The summed E-state index contributed by atoms with van der Waals surface area (Å²) in [6.45, 7) is 5.53. The normalized spacial score (nSPS) is 22.6. The van der Waals surface area contributed by atoms with Gasteiger partial charge in [-0.3, -0.25) is 4.79 Å². The number of phenols is 1. The minimum atomic E-state index is 0.137. The molecule has 1 N–H and O–H groups in total. The van der Waals surface area contributed by atoms with Crippen LogP contribution in [-0.2, 0) is 16.0 Å². The molecule has 2 aliphatic rings. The maximum Gasteiger partial charge on any atom is 0.222 e. The molecule has 0 spiro atoms. The van der Waals surface area contributed by atoms with E-state index in [1.807, 2.05) is 17.0 Å². The molecule has 5 heteroatoms. The van der Waals surface area contributed by atoms with E-state index >= 15 is 0 Å². The summed E-state index contributed by atoms with van der Waals surface area (Å²) in [6.07, 6.45) is 6.18. The van der Waals surface area contributed by atoms with Crippen LogP contribution in [0.4, 0.5) is 0 Å². The van der Waals surface area contributed by atoms with Gasteiger partial charge in [-0.15, -0.1) is 0 Å². The van der Waals surface area contributed by atoms with Gasteiger partial charge in [0.1, 0.15) is 5.75 Å². The van der Waals surface area contributed by atoms with Gasteiger partial charge < -0.3 is 19.6 Å². The molecule has 1 atom stereocenters. The van der Waals surface area contributed by atoms with Crippen LogP contribution in [0.2, 0.25) is 0 Å². The van der Waals surface area contributed by atoms with Gasteiger partial charge in [0.05, 0.1) is 6.10 Å². The van der Waals surface area contributed by atoms with Crippen molar-refractivity contribution in [3.05, 3.63) is 29.8 Å². The predicted molar refractivity (Wildman–Crippen MR) is 97.7 cm³/mol. The summed E-state index contributed by atoms with van der Waals surface area (Å²) in [6, 6.07) is 7.11. The number of benzene rings is 1. The number of likely N-dealkylation sites (tertiary alicyclic amines) is 1. The van der Waals surface area contributed by atoms with E-state index in [0.29, 0.717) is 19.4 Å². The zero-order valence-corrected chi connectivity index (χ0v) is 15.0. The van der Waals surface area contributed by atoms with E-state index < -0.39 is 0 Å². The number of nitrogens with zero attached hydrogens (tertiary/aromatic N) is 2. The highest BCUT2D eigenvalue weighted by Crippen LogP contribution is 2.15. The third-order valence-corrected chi connectivity index (χ3v) is 5.18. The fourth-order valence-electron chi connectivity index (χ4n) is 3.73. The van der Waals surface area contributed by atoms with Crippen molar-refractivity contribution in [2.45, 2.75) is 44.6 Å². The molecule has 1 aromatic carbocycles. The third-order valence-electron chi connectivity index (χ3n) is 5.18. The van der Waals surface area contributed by atoms with Crippen LogP contribution >= 0.6 is 0 Å². The molecule has 0 bridgehead atoms. The van der Waals surface area contributed by atoms with Gasteiger partial charge in [0.15, 0.2) is 0 Å². The van der Waals surface area contributed by atoms with Crippen LogP contribution in [0.3, 0.4) is 0 Å². The van der Waals surface area contributed by atoms with Gasteiger partial charge in [0, 0.05) is 32.7 Å². The summed E-state index contributed by atoms with van der Waals surface area (Å²) < 4.78 is 6.00. The summed E-state index contributed by atoms with van der Waals surface area (Å²) in [5, 5.41) is 9.34. The van der Waals surface area contributed by atoms with Crippen molar-refractivity contribution in [2.24, 2.45) is 0 Å². The number of aryl methyl sites for hydroxylation is 1. The Hall–Kier alpha value is -1.59. The first-order valence-corrected chi connectivity index (χ1v) is 9.60.